The molecule has 0 aromatic carbocycles. The summed E-state index contributed by atoms with van der Waals surface area (Å²) in [6, 6.07) is 1.91. The molecule has 5 nitrogen and oxygen atoms in total. The third-order valence-corrected chi connectivity index (χ3v) is 3.75. The van der Waals surface area contributed by atoms with Gasteiger partial charge in [0.15, 0.2) is 0 Å². The molecule has 0 saturated carbocycles. The van der Waals surface area contributed by atoms with E-state index in [0.717, 1.165) is 28.3 Å². The fourth-order valence-corrected chi connectivity index (χ4v) is 2.65. The molecule has 18 heavy (non-hydrogen) atoms. The van der Waals surface area contributed by atoms with Crippen molar-refractivity contribution in [3.63, 3.8) is 0 Å². The van der Waals surface area contributed by atoms with Crippen molar-refractivity contribution < 1.29 is 9.26 Å². The van der Waals surface area contributed by atoms with Crippen LogP contribution in [-0.4, -0.2) is 17.3 Å². The topological polar surface area (TPSA) is 74.2 Å². The third-order valence-electron chi connectivity index (χ3n) is 2.70. The lowest BCUT2D eigenvalue weighted by Gasteiger charge is -2.08. The van der Waals surface area contributed by atoms with E-state index < -0.39 is 0 Å². The number of thiophene rings is 1. The van der Waals surface area contributed by atoms with Crippen molar-refractivity contribution in [1.82, 2.24) is 10.1 Å². The van der Waals surface area contributed by atoms with Gasteiger partial charge in [-0.1, -0.05) is 18.5 Å². The number of aromatic nitrogens is 2. The normalized spacial score (nSPS) is 12.8. The molecule has 0 saturated heterocycles. The number of nitrogen functional groups attached to an aromatic ring is 1. The van der Waals surface area contributed by atoms with Gasteiger partial charge in [-0.3, -0.25) is 0 Å². The Morgan fingerprint density at radius 2 is 2.33 bits per heavy atom. The van der Waals surface area contributed by atoms with E-state index >= 15 is 0 Å². The summed E-state index contributed by atoms with van der Waals surface area (Å²) in [5.41, 5.74) is 6.81. The van der Waals surface area contributed by atoms with E-state index in [2.05, 4.69) is 17.1 Å². The average molecular weight is 267 g/mol. The molecule has 0 aliphatic carbocycles. The van der Waals surface area contributed by atoms with E-state index in [1.54, 1.807) is 7.11 Å². The highest BCUT2D eigenvalue weighted by Gasteiger charge is 2.19. The molecule has 2 aromatic heterocycles. The van der Waals surface area contributed by atoms with Crippen LogP contribution >= 0.6 is 11.3 Å². The number of methoxy groups -OCH3 is 1. The largest absolute Gasteiger partial charge is 0.391 e. The number of rotatable bonds is 5. The van der Waals surface area contributed by atoms with Crippen molar-refractivity contribution in [2.75, 3.05) is 12.8 Å². The number of hydrogen-bond acceptors (Lipinski definition) is 6. The van der Waals surface area contributed by atoms with E-state index in [1.807, 2.05) is 13.0 Å². The van der Waals surface area contributed by atoms with Gasteiger partial charge in [0.05, 0.1) is 9.88 Å². The highest BCUT2D eigenvalue weighted by molar-refractivity contribution is 7.19. The summed E-state index contributed by atoms with van der Waals surface area (Å²) in [5.74, 6) is 1.11. The fourth-order valence-electron chi connectivity index (χ4n) is 1.79. The van der Waals surface area contributed by atoms with Crippen LogP contribution in [0.3, 0.4) is 0 Å². The van der Waals surface area contributed by atoms with Crippen molar-refractivity contribution in [3.05, 3.63) is 17.5 Å². The molecule has 1 unspecified atom stereocenters. The Bertz CT molecular complexity index is 521. The van der Waals surface area contributed by atoms with Gasteiger partial charge in [0, 0.05) is 7.11 Å². The first-order valence-corrected chi connectivity index (χ1v) is 6.70. The number of nitrogens with two attached hydrogens (primary N) is 1. The smallest absolute Gasteiger partial charge is 0.268 e. The maximum absolute atomic E-state index is 5.76. The van der Waals surface area contributed by atoms with E-state index in [4.69, 9.17) is 15.0 Å². The van der Waals surface area contributed by atoms with Crippen molar-refractivity contribution in [2.45, 2.75) is 32.8 Å². The predicted octanol–water partition coefficient (Wildman–Crippen LogP) is 3.18. The van der Waals surface area contributed by atoms with E-state index in [-0.39, 0.29) is 6.10 Å². The Kier molecular flexibility index (Phi) is 3.98. The summed E-state index contributed by atoms with van der Waals surface area (Å²) in [6.45, 7) is 4.07. The average Bonchev–Trinajstić information content (AvgIpc) is 2.92. The Balaban J connectivity index is 2.27. The lowest BCUT2D eigenvalue weighted by Crippen LogP contribution is -2.02. The Hall–Kier alpha value is -1.40. The van der Waals surface area contributed by atoms with Crippen LogP contribution in [0.15, 0.2) is 10.6 Å². The predicted molar refractivity (Wildman–Crippen MR) is 71.4 cm³/mol. The number of hydrogen-bond donors (Lipinski definition) is 1. The summed E-state index contributed by atoms with van der Waals surface area (Å²) in [6.07, 6.45) is 1.78. The summed E-state index contributed by atoms with van der Waals surface area (Å²) in [5, 5.41) is 4.74. The van der Waals surface area contributed by atoms with Crippen LogP contribution in [0.1, 0.15) is 37.3 Å². The lowest BCUT2D eigenvalue weighted by molar-refractivity contribution is 0.0854. The first-order chi connectivity index (χ1) is 8.65. The standard InChI is InChI=1S/C12H17N3O2S/c1-4-5-8(16-3)11-14-12(17-15-11)10-7(2)6-9(13)18-10/h6,8H,4-5,13H2,1-3H3. The van der Waals surface area contributed by atoms with Crippen LogP contribution in [0.25, 0.3) is 10.8 Å². The number of nitrogens with zero attached hydrogens (tertiary/aromatic N) is 2. The maximum Gasteiger partial charge on any atom is 0.268 e. The Morgan fingerprint density at radius 1 is 1.56 bits per heavy atom. The summed E-state index contributed by atoms with van der Waals surface area (Å²) < 4.78 is 10.6. The number of anilines is 1. The van der Waals surface area contributed by atoms with Gasteiger partial charge in [-0.15, -0.1) is 11.3 Å². The maximum atomic E-state index is 5.76. The summed E-state index contributed by atoms with van der Waals surface area (Å²) >= 11 is 1.45. The zero-order valence-corrected chi connectivity index (χ0v) is 11.6. The molecular formula is C12H17N3O2S. The molecule has 0 aliphatic heterocycles. The van der Waals surface area contributed by atoms with Crippen LogP contribution in [0.4, 0.5) is 5.00 Å². The highest BCUT2D eigenvalue weighted by atomic mass is 32.1. The number of ether oxygens (including phenoxy) is 1. The van der Waals surface area contributed by atoms with Gasteiger partial charge in [-0.25, -0.2) is 0 Å². The first kappa shape index (κ1) is 13.0. The van der Waals surface area contributed by atoms with Crippen molar-refractivity contribution in [3.8, 4) is 10.8 Å². The molecule has 0 aliphatic rings. The molecule has 2 rings (SSSR count). The molecule has 0 spiro atoms. The monoisotopic (exact) mass is 267 g/mol. The molecule has 98 valence electrons. The Labute approximate surface area is 110 Å². The second-order valence-corrected chi connectivity index (χ2v) is 5.22. The third kappa shape index (κ3) is 2.54. The molecule has 1 atom stereocenters. The minimum atomic E-state index is -0.106. The van der Waals surface area contributed by atoms with Gasteiger partial charge in [0.25, 0.3) is 5.89 Å². The van der Waals surface area contributed by atoms with Gasteiger partial charge in [0.2, 0.25) is 5.82 Å². The molecular weight excluding hydrogens is 250 g/mol. The minimum absolute atomic E-state index is 0.106. The molecule has 2 heterocycles. The van der Waals surface area contributed by atoms with Crippen LogP contribution < -0.4 is 5.73 Å². The van der Waals surface area contributed by atoms with Crippen molar-refractivity contribution in [2.24, 2.45) is 0 Å². The van der Waals surface area contributed by atoms with Crippen LogP contribution in [-0.2, 0) is 4.74 Å². The molecule has 0 radical (unpaired) electrons. The molecule has 2 N–H and O–H groups in total. The van der Waals surface area contributed by atoms with Gasteiger partial charge in [0.1, 0.15) is 6.10 Å². The lowest BCUT2D eigenvalue weighted by atomic mass is 10.2. The number of aryl methyl sites for hydroxylation is 1. The van der Waals surface area contributed by atoms with E-state index in [1.165, 1.54) is 11.3 Å². The molecule has 2 aromatic rings. The highest BCUT2D eigenvalue weighted by Crippen LogP contribution is 2.33. The minimum Gasteiger partial charge on any atom is -0.391 e. The zero-order chi connectivity index (χ0) is 13.1. The quantitative estimate of drug-likeness (QED) is 0.900. The molecule has 6 heteroatoms. The van der Waals surface area contributed by atoms with Crippen molar-refractivity contribution >= 4 is 16.3 Å². The fraction of sp³-hybridized carbons (Fsp3) is 0.500. The van der Waals surface area contributed by atoms with Crippen LogP contribution in [0.2, 0.25) is 0 Å². The van der Waals surface area contributed by atoms with E-state index in [0.29, 0.717) is 11.7 Å². The van der Waals surface area contributed by atoms with E-state index in [9.17, 15) is 0 Å². The first-order valence-electron chi connectivity index (χ1n) is 5.88. The molecule has 0 bridgehead atoms. The summed E-state index contributed by atoms with van der Waals surface area (Å²) in [7, 11) is 1.66. The molecule has 0 amide bonds. The Morgan fingerprint density at radius 3 is 2.89 bits per heavy atom. The van der Waals surface area contributed by atoms with Gasteiger partial charge >= 0.3 is 0 Å². The summed E-state index contributed by atoms with van der Waals surface area (Å²) in [4.78, 5) is 5.32. The van der Waals surface area contributed by atoms with Crippen LogP contribution in [0, 0.1) is 6.92 Å². The van der Waals surface area contributed by atoms with Crippen LogP contribution in [0.5, 0.6) is 0 Å². The van der Waals surface area contributed by atoms with Crippen molar-refractivity contribution in [1.29, 1.82) is 0 Å². The zero-order valence-electron chi connectivity index (χ0n) is 10.8. The SMILES string of the molecule is CCCC(OC)c1noc(-c2sc(N)cc2C)n1. The second kappa shape index (κ2) is 5.49. The molecule has 0 fully saturated rings. The second-order valence-electron chi connectivity index (χ2n) is 4.13. The van der Waals surface area contributed by atoms with Gasteiger partial charge < -0.3 is 15.0 Å². The van der Waals surface area contributed by atoms with Gasteiger partial charge in [-0.05, 0) is 25.0 Å². The van der Waals surface area contributed by atoms with Gasteiger partial charge in [-0.2, -0.15) is 4.98 Å².